The van der Waals surface area contributed by atoms with Gasteiger partial charge in [0.2, 0.25) is 0 Å². The fourth-order valence-electron chi connectivity index (χ4n) is 2.60. The van der Waals surface area contributed by atoms with Crippen molar-refractivity contribution < 1.29 is 18.3 Å². The molecule has 0 radical (unpaired) electrons. The Bertz CT molecular complexity index is 515. The SMILES string of the molecule is CC(C)CCN1CCN(C(=O)c2cccc(OC(F)F)c2)CC1. The number of benzene rings is 1. The van der Waals surface area contributed by atoms with E-state index in [2.05, 4.69) is 23.5 Å². The third-order valence-corrected chi connectivity index (χ3v) is 3.99. The normalized spacial score (nSPS) is 16.2. The zero-order chi connectivity index (χ0) is 16.8. The number of hydrogen-bond donors (Lipinski definition) is 0. The average molecular weight is 326 g/mol. The molecule has 1 amide bonds. The van der Waals surface area contributed by atoms with Crippen molar-refractivity contribution in [1.82, 2.24) is 9.80 Å². The molecular weight excluding hydrogens is 302 g/mol. The van der Waals surface area contributed by atoms with Crippen LogP contribution in [0.3, 0.4) is 0 Å². The first kappa shape index (κ1) is 17.7. The molecule has 1 aromatic rings. The minimum atomic E-state index is -2.88. The molecule has 0 N–H and O–H groups in total. The van der Waals surface area contributed by atoms with Gasteiger partial charge in [-0.15, -0.1) is 0 Å². The van der Waals surface area contributed by atoms with E-state index in [4.69, 9.17) is 0 Å². The Morgan fingerprint density at radius 2 is 1.91 bits per heavy atom. The summed E-state index contributed by atoms with van der Waals surface area (Å²) in [7, 11) is 0. The van der Waals surface area contributed by atoms with Crippen molar-refractivity contribution in [2.45, 2.75) is 26.9 Å². The van der Waals surface area contributed by atoms with Gasteiger partial charge in [0.05, 0.1) is 0 Å². The molecule has 1 aliphatic rings. The van der Waals surface area contributed by atoms with Crippen LogP contribution in [-0.4, -0.2) is 55.0 Å². The van der Waals surface area contributed by atoms with Crippen molar-refractivity contribution in [1.29, 1.82) is 0 Å². The van der Waals surface area contributed by atoms with Crippen molar-refractivity contribution in [2.24, 2.45) is 5.92 Å². The van der Waals surface area contributed by atoms with Gasteiger partial charge in [-0.05, 0) is 37.1 Å². The number of amides is 1. The summed E-state index contributed by atoms with van der Waals surface area (Å²) >= 11 is 0. The van der Waals surface area contributed by atoms with Crippen LogP contribution in [0.4, 0.5) is 8.78 Å². The largest absolute Gasteiger partial charge is 0.435 e. The van der Waals surface area contributed by atoms with Gasteiger partial charge < -0.3 is 9.64 Å². The van der Waals surface area contributed by atoms with Crippen LogP contribution < -0.4 is 4.74 Å². The molecule has 0 saturated carbocycles. The lowest BCUT2D eigenvalue weighted by molar-refractivity contribution is -0.0499. The van der Waals surface area contributed by atoms with Crippen molar-refractivity contribution in [3.05, 3.63) is 29.8 Å². The Labute approximate surface area is 136 Å². The molecule has 1 heterocycles. The van der Waals surface area contributed by atoms with Crippen molar-refractivity contribution in [2.75, 3.05) is 32.7 Å². The fraction of sp³-hybridized carbons (Fsp3) is 0.588. The number of alkyl halides is 2. The summed E-state index contributed by atoms with van der Waals surface area (Å²) in [6.07, 6.45) is 1.15. The lowest BCUT2D eigenvalue weighted by atomic mass is 10.1. The first-order valence-electron chi connectivity index (χ1n) is 8.02. The zero-order valence-corrected chi connectivity index (χ0v) is 13.7. The van der Waals surface area contributed by atoms with Crippen LogP contribution in [0.5, 0.6) is 5.75 Å². The lowest BCUT2D eigenvalue weighted by Gasteiger charge is -2.35. The van der Waals surface area contributed by atoms with E-state index < -0.39 is 6.61 Å². The summed E-state index contributed by atoms with van der Waals surface area (Å²) in [6, 6.07) is 5.99. The van der Waals surface area contributed by atoms with Gasteiger partial charge in [-0.3, -0.25) is 9.69 Å². The number of hydrogen-bond acceptors (Lipinski definition) is 3. The second-order valence-electron chi connectivity index (χ2n) is 6.22. The number of halogens is 2. The van der Waals surface area contributed by atoms with E-state index >= 15 is 0 Å². The van der Waals surface area contributed by atoms with Crippen LogP contribution in [0, 0.1) is 5.92 Å². The number of carbonyl (C=O) groups excluding carboxylic acids is 1. The van der Waals surface area contributed by atoms with E-state index in [1.807, 2.05) is 0 Å². The Morgan fingerprint density at radius 3 is 2.52 bits per heavy atom. The van der Waals surface area contributed by atoms with Crippen molar-refractivity contribution in [3.63, 3.8) is 0 Å². The zero-order valence-electron chi connectivity index (χ0n) is 13.7. The molecule has 0 aliphatic carbocycles. The molecule has 0 bridgehead atoms. The van der Waals surface area contributed by atoms with Gasteiger partial charge in [0, 0.05) is 31.7 Å². The average Bonchev–Trinajstić information content (AvgIpc) is 2.52. The number of piperazine rings is 1. The number of ether oxygens (including phenoxy) is 1. The smallest absolute Gasteiger partial charge is 0.387 e. The minimum Gasteiger partial charge on any atom is -0.435 e. The molecule has 6 heteroatoms. The van der Waals surface area contributed by atoms with Gasteiger partial charge in [0.1, 0.15) is 5.75 Å². The lowest BCUT2D eigenvalue weighted by Crippen LogP contribution is -2.49. The van der Waals surface area contributed by atoms with E-state index in [1.54, 1.807) is 17.0 Å². The monoisotopic (exact) mass is 326 g/mol. The van der Waals surface area contributed by atoms with Crippen LogP contribution in [0.15, 0.2) is 24.3 Å². The maximum absolute atomic E-state index is 12.5. The molecule has 1 aliphatic heterocycles. The Morgan fingerprint density at radius 1 is 1.22 bits per heavy atom. The van der Waals surface area contributed by atoms with Gasteiger partial charge >= 0.3 is 6.61 Å². The molecule has 0 unspecified atom stereocenters. The third kappa shape index (κ3) is 5.46. The van der Waals surface area contributed by atoms with E-state index in [1.165, 1.54) is 12.1 Å². The Balaban J connectivity index is 1.89. The van der Waals surface area contributed by atoms with Gasteiger partial charge in [-0.1, -0.05) is 19.9 Å². The number of nitrogens with zero attached hydrogens (tertiary/aromatic N) is 2. The Kier molecular flexibility index (Phi) is 6.33. The summed E-state index contributed by atoms with van der Waals surface area (Å²) in [4.78, 5) is 16.6. The molecule has 0 aromatic heterocycles. The van der Waals surface area contributed by atoms with Crippen LogP contribution in [0.2, 0.25) is 0 Å². The third-order valence-electron chi connectivity index (χ3n) is 3.99. The van der Waals surface area contributed by atoms with Crippen molar-refractivity contribution >= 4 is 5.91 Å². The van der Waals surface area contributed by atoms with Crippen LogP contribution in [-0.2, 0) is 0 Å². The number of carbonyl (C=O) groups is 1. The predicted molar refractivity (Wildman–Crippen MR) is 84.9 cm³/mol. The molecule has 1 fully saturated rings. The predicted octanol–water partition coefficient (Wildman–Crippen LogP) is 3.09. The first-order valence-corrected chi connectivity index (χ1v) is 8.02. The van der Waals surface area contributed by atoms with Gasteiger partial charge in [0.25, 0.3) is 5.91 Å². The molecular formula is C17H24F2N2O2. The molecule has 1 aromatic carbocycles. The second-order valence-corrected chi connectivity index (χ2v) is 6.22. The quantitative estimate of drug-likeness (QED) is 0.805. The van der Waals surface area contributed by atoms with E-state index in [0.29, 0.717) is 24.6 Å². The highest BCUT2D eigenvalue weighted by atomic mass is 19.3. The Hall–Kier alpha value is -1.69. The van der Waals surface area contributed by atoms with E-state index in [9.17, 15) is 13.6 Å². The number of rotatable bonds is 6. The second kappa shape index (κ2) is 8.24. The molecule has 2 rings (SSSR count). The highest BCUT2D eigenvalue weighted by molar-refractivity contribution is 5.94. The van der Waals surface area contributed by atoms with Crippen LogP contribution in [0.1, 0.15) is 30.6 Å². The summed E-state index contributed by atoms with van der Waals surface area (Å²) < 4.78 is 28.9. The maximum Gasteiger partial charge on any atom is 0.387 e. The summed E-state index contributed by atoms with van der Waals surface area (Å²) in [5.41, 5.74) is 0.388. The molecule has 0 atom stereocenters. The highest BCUT2D eigenvalue weighted by Gasteiger charge is 2.22. The van der Waals surface area contributed by atoms with Gasteiger partial charge in [-0.25, -0.2) is 0 Å². The fourth-order valence-corrected chi connectivity index (χ4v) is 2.60. The molecule has 128 valence electrons. The maximum atomic E-state index is 12.5. The molecule has 23 heavy (non-hydrogen) atoms. The van der Waals surface area contributed by atoms with Gasteiger partial charge in [-0.2, -0.15) is 8.78 Å². The standard InChI is InChI=1S/C17H24F2N2O2/c1-13(2)6-7-20-8-10-21(11-9-20)16(22)14-4-3-5-15(12-14)23-17(18)19/h3-5,12-13,17H,6-11H2,1-2H3. The first-order chi connectivity index (χ1) is 11.0. The van der Waals surface area contributed by atoms with E-state index in [0.717, 1.165) is 26.1 Å². The summed E-state index contributed by atoms with van der Waals surface area (Å²) in [6.45, 7) is 5.61. The molecule has 1 saturated heterocycles. The minimum absolute atomic E-state index is 0.0152. The molecule has 4 nitrogen and oxygen atoms in total. The highest BCUT2D eigenvalue weighted by Crippen LogP contribution is 2.18. The topological polar surface area (TPSA) is 32.8 Å². The van der Waals surface area contributed by atoms with Crippen molar-refractivity contribution in [3.8, 4) is 5.75 Å². The molecule has 0 spiro atoms. The van der Waals surface area contributed by atoms with Crippen LogP contribution >= 0.6 is 0 Å². The summed E-state index contributed by atoms with van der Waals surface area (Å²) in [5.74, 6) is 0.557. The van der Waals surface area contributed by atoms with Crippen LogP contribution in [0.25, 0.3) is 0 Å². The van der Waals surface area contributed by atoms with Gasteiger partial charge in [0.15, 0.2) is 0 Å². The van der Waals surface area contributed by atoms with E-state index in [-0.39, 0.29) is 11.7 Å². The summed E-state index contributed by atoms with van der Waals surface area (Å²) in [5, 5.41) is 0.